The molecule has 0 saturated carbocycles. The molecular formula is C21H19NO3. The Balaban J connectivity index is 2.28. The number of benzene rings is 3. The van der Waals surface area contributed by atoms with Crippen LogP contribution in [0.25, 0.3) is 0 Å². The van der Waals surface area contributed by atoms with Gasteiger partial charge in [-0.1, -0.05) is 60.7 Å². The summed E-state index contributed by atoms with van der Waals surface area (Å²) in [4.78, 5) is 10.7. The number of nitro groups is 1. The van der Waals surface area contributed by atoms with Crippen LogP contribution in [-0.4, -0.2) is 12.0 Å². The summed E-state index contributed by atoms with van der Waals surface area (Å²) in [7, 11) is 1.54. The molecule has 3 aromatic rings. The summed E-state index contributed by atoms with van der Waals surface area (Å²) < 4.78 is 5.52. The van der Waals surface area contributed by atoms with Gasteiger partial charge in [-0.25, -0.2) is 0 Å². The van der Waals surface area contributed by atoms with Gasteiger partial charge in [-0.3, -0.25) is 10.1 Å². The smallest absolute Gasteiger partial charge is 0.273 e. The SMILES string of the molecule is COc1cc([N+](=O)[O-])ccc1C(C)(c1ccccc1)c1ccccc1. The third-order valence-electron chi connectivity index (χ3n) is 4.64. The number of nitrogens with zero attached hydrogens (tertiary/aromatic N) is 1. The van der Waals surface area contributed by atoms with Crippen molar-refractivity contribution in [3.8, 4) is 5.75 Å². The Morgan fingerprint density at radius 3 is 1.84 bits per heavy atom. The van der Waals surface area contributed by atoms with E-state index in [0.717, 1.165) is 16.7 Å². The molecule has 0 radical (unpaired) electrons. The molecule has 0 N–H and O–H groups in total. The van der Waals surface area contributed by atoms with E-state index in [1.165, 1.54) is 12.1 Å². The maximum Gasteiger partial charge on any atom is 0.273 e. The van der Waals surface area contributed by atoms with Gasteiger partial charge >= 0.3 is 0 Å². The molecule has 4 nitrogen and oxygen atoms in total. The van der Waals surface area contributed by atoms with Gasteiger partial charge in [0, 0.05) is 17.0 Å². The van der Waals surface area contributed by atoms with Crippen LogP contribution >= 0.6 is 0 Å². The van der Waals surface area contributed by atoms with E-state index in [4.69, 9.17) is 4.74 Å². The zero-order valence-electron chi connectivity index (χ0n) is 14.2. The predicted octanol–water partition coefficient (Wildman–Crippen LogP) is 4.96. The Bertz CT molecular complexity index is 837. The van der Waals surface area contributed by atoms with Crippen molar-refractivity contribution in [1.29, 1.82) is 0 Å². The number of nitro benzene ring substituents is 1. The van der Waals surface area contributed by atoms with Gasteiger partial charge in [-0.15, -0.1) is 0 Å². The molecule has 25 heavy (non-hydrogen) atoms. The molecule has 3 rings (SSSR count). The van der Waals surface area contributed by atoms with E-state index in [1.807, 2.05) is 36.4 Å². The maximum absolute atomic E-state index is 11.1. The normalized spacial score (nSPS) is 11.1. The van der Waals surface area contributed by atoms with E-state index in [-0.39, 0.29) is 5.69 Å². The molecule has 3 aromatic carbocycles. The number of non-ortho nitro benzene ring substituents is 1. The van der Waals surface area contributed by atoms with E-state index in [9.17, 15) is 10.1 Å². The molecule has 0 saturated heterocycles. The summed E-state index contributed by atoms with van der Waals surface area (Å²) in [5.41, 5.74) is 2.59. The highest BCUT2D eigenvalue weighted by Gasteiger charge is 2.34. The largest absolute Gasteiger partial charge is 0.496 e. The lowest BCUT2D eigenvalue weighted by molar-refractivity contribution is -0.384. The minimum absolute atomic E-state index is 0.0177. The van der Waals surface area contributed by atoms with E-state index in [1.54, 1.807) is 13.2 Å². The van der Waals surface area contributed by atoms with Crippen molar-refractivity contribution < 1.29 is 9.66 Å². The quantitative estimate of drug-likeness (QED) is 0.377. The lowest BCUT2D eigenvalue weighted by Crippen LogP contribution is -2.26. The van der Waals surface area contributed by atoms with Gasteiger partial charge in [0.1, 0.15) is 5.75 Å². The number of methoxy groups -OCH3 is 1. The molecule has 0 aliphatic heterocycles. The average Bonchev–Trinajstić information content (AvgIpc) is 2.68. The second kappa shape index (κ2) is 6.77. The molecule has 0 atom stereocenters. The van der Waals surface area contributed by atoms with Gasteiger partial charge in [0.25, 0.3) is 5.69 Å². The van der Waals surface area contributed by atoms with Crippen LogP contribution in [0.2, 0.25) is 0 Å². The van der Waals surface area contributed by atoms with Gasteiger partial charge in [0.2, 0.25) is 0 Å². The second-order valence-electron chi connectivity index (χ2n) is 6.00. The molecule has 0 amide bonds. The summed E-state index contributed by atoms with van der Waals surface area (Å²) in [5.74, 6) is 0.504. The van der Waals surface area contributed by atoms with Crippen molar-refractivity contribution in [3.05, 3.63) is 106 Å². The van der Waals surface area contributed by atoms with Crippen molar-refractivity contribution in [3.63, 3.8) is 0 Å². The van der Waals surface area contributed by atoms with Crippen LogP contribution in [0.5, 0.6) is 5.75 Å². The van der Waals surface area contributed by atoms with Crippen LogP contribution < -0.4 is 4.74 Å². The van der Waals surface area contributed by atoms with E-state index in [2.05, 4.69) is 31.2 Å². The van der Waals surface area contributed by atoms with Crippen LogP contribution in [0.15, 0.2) is 78.9 Å². The second-order valence-corrected chi connectivity index (χ2v) is 6.00. The highest BCUT2D eigenvalue weighted by molar-refractivity contribution is 5.57. The van der Waals surface area contributed by atoms with Crippen LogP contribution in [-0.2, 0) is 5.41 Å². The number of ether oxygens (including phenoxy) is 1. The molecular weight excluding hydrogens is 314 g/mol. The Hall–Kier alpha value is -3.14. The van der Waals surface area contributed by atoms with Crippen molar-refractivity contribution in [1.82, 2.24) is 0 Å². The minimum atomic E-state index is -0.497. The van der Waals surface area contributed by atoms with Crippen molar-refractivity contribution in [2.24, 2.45) is 0 Å². The Kier molecular flexibility index (Phi) is 4.52. The van der Waals surface area contributed by atoms with Crippen molar-refractivity contribution in [2.45, 2.75) is 12.3 Å². The summed E-state index contributed by atoms with van der Waals surface area (Å²) in [6.45, 7) is 2.11. The first kappa shape index (κ1) is 16.7. The predicted molar refractivity (Wildman–Crippen MR) is 98.1 cm³/mol. The average molecular weight is 333 g/mol. The third kappa shape index (κ3) is 2.98. The van der Waals surface area contributed by atoms with Gasteiger partial charge < -0.3 is 4.74 Å². The first-order valence-corrected chi connectivity index (χ1v) is 8.01. The fourth-order valence-electron chi connectivity index (χ4n) is 3.23. The van der Waals surface area contributed by atoms with Crippen molar-refractivity contribution >= 4 is 5.69 Å². The van der Waals surface area contributed by atoms with Crippen LogP contribution in [0, 0.1) is 10.1 Å². The molecule has 126 valence electrons. The van der Waals surface area contributed by atoms with Gasteiger partial charge in [0.15, 0.2) is 0 Å². The molecule has 0 fully saturated rings. The molecule has 0 heterocycles. The lowest BCUT2D eigenvalue weighted by Gasteiger charge is -2.33. The van der Waals surface area contributed by atoms with Gasteiger partial charge in [0.05, 0.1) is 18.1 Å². The Morgan fingerprint density at radius 2 is 1.40 bits per heavy atom. The van der Waals surface area contributed by atoms with Crippen LogP contribution in [0.1, 0.15) is 23.6 Å². The first-order chi connectivity index (χ1) is 12.1. The Morgan fingerprint density at radius 1 is 0.880 bits per heavy atom. The summed E-state index contributed by atoms with van der Waals surface area (Å²) in [6, 6.07) is 25.0. The monoisotopic (exact) mass is 333 g/mol. The zero-order valence-corrected chi connectivity index (χ0v) is 14.2. The fourth-order valence-corrected chi connectivity index (χ4v) is 3.23. The molecule has 0 bridgehead atoms. The van der Waals surface area contributed by atoms with Crippen LogP contribution in [0.4, 0.5) is 5.69 Å². The zero-order chi connectivity index (χ0) is 17.9. The molecule has 0 unspecified atom stereocenters. The topological polar surface area (TPSA) is 52.4 Å². The fraction of sp³-hybridized carbons (Fsp3) is 0.143. The van der Waals surface area contributed by atoms with E-state index >= 15 is 0 Å². The standard InChI is InChI=1S/C21H19NO3/c1-21(16-9-5-3-6-10-16,17-11-7-4-8-12-17)19-14-13-18(22(23)24)15-20(19)25-2/h3-15H,1-2H3. The molecule has 0 aromatic heterocycles. The van der Waals surface area contributed by atoms with Gasteiger partial charge in [-0.2, -0.15) is 0 Å². The number of rotatable bonds is 5. The lowest BCUT2D eigenvalue weighted by atomic mass is 9.70. The molecule has 4 heteroatoms. The third-order valence-corrected chi connectivity index (χ3v) is 4.64. The highest BCUT2D eigenvalue weighted by Crippen LogP contribution is 2.43. The maximum atomic E-state index is 11.1. The summed E-state index contributed by atoms with van der Waals surface area (Å²) in [6.07, 6.45) is 0. The van der Waals surface area contributed by atoms with Gasteiger partial charge in [-0.05, 0) is 24.1 Å². The number of hydrogen-bond acceptors (Lipinski definition) is 3. The van der Waals surface area contributed by atoms with Crippen LogP contribution in [0.3, 0.4) is 0 Å². The molecule has 0 spiro atoms. The summed E-state index contributed by atoms with van der Waals surface area (Å²) in [5, 5.41) is 11.1. The highest BCUT2D eigenvalue weighted by atomic mass is 16.6. The minimum Gasteiger partial charge on any atom is -0.496 e. The molecule has 0 aliphatic carbocycles. The van der Waals surface area contributed by atoms with E-state index in [0.29, 0.717) is 5.75 Å². The molecule has 0 aliphatic rings. The number of hydrogen-bond donors (Lipinski definition) is 0. The van der Waals surface area contributed by atoms with E-state index < -0.39 is 10.3 Å². The summed E-state index contributed by atoms with van der Waals surface area (Å²) >= 11 is 0. The first-order valence-electron chi connectivity index (χ1n) is 8.01. The van der Waals surface area contributed by atoms with Crippen molar-refractivity contribution in [2.75, 3.05) is 7.11 Å². The Labute approximate surface area is 146 Å².